The van der Waals surface area contributed by atoms with Crippen molar-refractivity contribution in [2.75, 3.05) is 26.8 Å². The zero-order valence-electron chi connectivity index (χ0n) is 13.4. The van der Waals surface area contributed by atoms with E-state index in [0.717, 1.165) is 26.1 Å². The average molecular weight is 278 g/mol. The first-order valence-corrected chi connectivity index (χ1v) is 7.64. The summed E-state index contributed by atoms with van der Waals surface area (Å²) in [5.41, 5.74) is 8.39. The molecule has 1 aromatic carbocycles. The van der Waals surface area contributed by atoms with Crippen LogP contribution in [0, 0.1) is 0 Å². The van der Waals surface area contributed by atoms with Crippen molar-refractivity contribution < 1.29 is 4.74 Å². The molecule has 114 valence electrons. The van der Waals surface area contributed by atoms with Crippen LogP contribution >= 0.6 is 0 Å². The molecule has 0 spiro atoms. The second-order valence-corrected chi connectivity index (χ2v) is 5.60. The van der Waals surface area contributed by atoms with Gasteiger partial charge in [0.25, 0.3) is 0 Å². The van der Waals surface area contributed by atoms with Crippen LogP contribution in [0.3, 0.4) is 0 Å². The molecule has 1 rings (SSSR count). The third-order valence-electron chi connectivity index (χ3n) is 4.08. The minimum Gasteiger partial charge on any atom is -0.383 e. The summed E-state index contributed by atoms with van der Waals surface area (Å²) in [4.78, 5) is 2.48. The maximum Gasteiger partial charge on any atom is 0.0589 e. The molecule has 2 unspecified atom stereocenters. The van der Waals surface area contributed by atoms with Gasteiger partial charge in [-0.15, -0.1) is 0 Å². The largest absolute Gasteiger partial charge is 0.383 e. The third-order valence-corrected chi connectivity index (χ3v) is 4.08. The molecule has 0 aliphatic heterocycles. The van der Waals surface area contributed by atoms with Crippen LogP contribution < -0.4 is 5.73 Å². The predicted octanol–water partition coefficient (Wildman–Crippen LogP) is 3.00. The summed E-state index contributed by atoms with van der Waals surface area (Å²) in [6, 6.07) is 9.44. The Kier molecular flexibility index (Phi) is 7.82. The van der Waals surface area contributed by atoms with E-state index in [4.69, 9.17) is 10.5 Å². The van der Waals surface area contributed by atoms with Crippen molar-refractivity contribution in [2.24, 2.45) is 5.73 Å². The van der Waals surface area contributed by atoms with Crippen LogP contribution in [0.25, 0.3) is 0 Å². The van der Waals surface area contributed by atoms with Crippen LogP contribution in [0.1, 0.15) is 44.2 Å². The molecule has 0 fully saturated rings. The number of methoxy groups -OCH3 is 1. The first kappa shape index (κ1) is 17.2. The molecule has 2 N–H and O–H groups in total. The van der Waals surface area contributed by atoms with Crippen LogP contribution in [0.2, 0.25) is 0 Å². The number of nitrogens with two attached hydrogens (primary N) is 1. The fourth-order valence-electron chi connectivity index (χ4n) is 2.24. The Morgan fingerprint density at radius 1 is 1.20 bits per heavy atom. The minimum absolute atomic E-state index is 0.434. The highest BCUT2D eigenvalue weighted by Crippen LogP contribution is 2.16. The Morgan fingerprint density at radius 2 is 1.85 bits per heavy atom. The molecular weight excluding hydrogens is 248 g/mol. The topological polar surface area (TPSA) is 38.5 Å². The third kappa shape index (κ3) is 5.23. The summed E-state index contributed by atoms with van der Waals surface area (Å²) < 4.78 is 5.21. The Bertz CT molecular complexity index is 364. The van der Waals surface area contributed by atoms with Gasteiger partial charge in [0.1, 0.15) is 0 Å². The van der Waals surface area contributed by atoms with Crippen LogP contribution in [-0.2, 0) is 11.3 Å². The van der Waals surface area contributed by atoms with E-state index >= 15 is 0 Å². The molecule has 0 bridgehead atoms. The molecule has 0 aromatic heterocycles. The summed E-state index contributed by atoms with van der Waals surface area (Å²) in [6.07, 6.45) is 1.16. The standard InChI is InChI=1S/C17H30N2O/c1-5-15(3)19(10-11-20-4)13-16-6-8-17(9-7-16)14(2)12-18/h6-9,14-15H,5,10-13,18H2,1-4H3. The van der Waals surface area contributed by atoms with E-state index in [2.05, 4.69) is 49.9 Å². The monoisotopic (exact) mass is 278 g/mol. The highest BCUT2D eigenvalue weighted by Gasteiger charge is 2.12. The summed E-state index contributed by atoms with van der Waals surface area (Å²) >= 11 is 0. The molecule has 0 aliphatic rings. The molecule has 0 saturated heterocycles. The van der Waals surface area contributed by atoms with Gasteiger partial charge in [-0.05, 0) is 36.9 Å². The second kappa shape index (κ2) is 9.11. The molecule has 3 nitrogen and oxygen atoms in total. The lowest BCUT2D eigenvalue weighted by Gasteiger charge is -2.28. The Morgan fingerprint density at radius 3 is 2.35 bits per heavy atom. The fraction of sp³-hybridized carbons (Fsp3) is 0.647. The van der Waals surface area contributed by atoms with Crippen LogP contribution in [-0.4, -0.2) is 37.7 Å². The van der Waals surface area contributed by atoms with E-state index in [0.29, 0.717) is 18.5 Å². The van der Waals surface area contributed by atoms with Crippen molar-refractivity contribution in [1.29, 1.82) is 0 Å². The van der Waals surface area contributed by atoms with Crippen molar-refractivity contribution >= 4 is 0 Å². The smallest absolute Gasteiger partial charge is 0.0589 e. The fourth-order valence-corrected chi connectivity index (χ4v) is 2.24. The highest BCUT2D eigenvalue weighted by molar-refractivity contribution is 5.25. The Balaban J connectivity index is 2.67. The Labute approximate surface area is 124 Å². The van der Waals surface area contributed by atoms with Gasteiger partial charge in [-0.25, -0.2) is 0 Å². The molecule has 0 heterocycles. The normalized spacial score (nSPS) is 14.5. The number of nitrogens with zero attached hydrogens (tertiary/aromatic N) is 1. The number of hydrogen-bond acceptors (Lipinski definition) is 3. The predicted molar refractivity (Wildman–Crippen MR) is 86.0 cm³/mol. The maximum absolute atomic E-state index is 5.71. The molecule has 3 heteroatoms. The first-order chi connectivity index (χ1) is 9.62. The van der Waals surface area contributed by atoms with Gasteiger partial charge in [0, 0.05) is 26.2 Å². The SMILES string of the molecule is CCC(C)N(CCOC)Cc1ccc(C(C)CN)cc1. The van der Waals surface area contributed by atoms with E-state index in [1.54, 1.807) is 7.11 Å². The molecule has 1 aromatic rings. The number of rotatable bonds is 9. The lowest BCUT2D eigenvalue weighted by molar-refractivity contribution is 0.118. The van der Waals surface area contributed by atoms with Gasteiger partial charge in [0.2, 0.25) is 0 Å². The average Bonchev–Trinajstić information content (AvgIpc) is 2.50. The van der Waals surface area contributed by atoms with Gasteiger partial charge in [0.05, 0.1) is 6.61 Å². The van der Waals surface area contributed by atoms with Gasteiger partial charge in [-0.3, -0.25) is 4.90 Å². The maximum atomic E-state index is 5.71. The zero-order chi connectivity index (χ0) is 15.0. The Hall–Kier alpha value is -0.900. The summed E-state index contributed by atoms with van der Waals surface area (Å²) in [5.74, 6) is 0.434. The van der Waals surface area contributed by atoms with Gasteiger partial charge in [-0.1, -0.05) is 38.1 Å². The highest BCUT2D eigenvalue weighted by atomic mass is 16.5. The summed E-state index contributed by atoms with van der Waals surface area (Å²) in [6.45, 7) is 10.1. The van der Waals surface area contributed by atoms with E-state index in [1.807, 2.05) is 0 Å². The second-order valence-electron chi connectivity index (χ2n) is 5.60. The summed E-state index contributed by atoms with van der Waals surface area (Å²) in [7, 11) is 1.76. The lowest BCUT2D eigenvalue weighted by Crippen LogP contribution is -2.34. The van der Waals surface area contributed by atoms with Gasteiger partial charge < -0.3 is 10.5 Å². The molecule has 0 radical (unpaired) electrons. The van der Waals surface area contributed by atoms with Crippen molar-refractivity contribution in [1.82, 2.24) is 4.90 Å². The van der Waals surface area contributed by atoms with Crippen LogP contribution in [0.15, 0.2) is 24.3 Å². The molecule has 2 atom stereocenters. The van der Waals surface area contributed by atoms with Crippen LogP contribution in [0.4, 0.5) is 0 Å². The minimum atomic E-state index is 0.434. The van der Waals surface area contributed by atoms with Crippen molar-refractivity contribution in [3.8, 4) is 0 Å². The van der Waals surface area contributed by atoms with Gasteiger partial charge >= 0.3 is 0 Å². The van der Waals surface area contributed by atoms with E-state index in [-0.39, 0.29) is 0 Å². The number of benzene rings is 1. The van der Waals surface area contributed by atoms with E-state index in [1.165, 1.54) is 11.1 Å². The lowest BCUT2D eigenvalue weighted by atomic mass is 10.00. The number of hydrogen-bond donors (Lipinski definition) is 1. The van der Waals surface area contributed by atoms with Crippen molar-refractivity contribution in [3.63, 3.8) is 0 Å². The van der Waals surface area contributed by atoms with E-state index < -0.39 is 0 Å². The van der Waals surface area contributed by atoms with Crippen molar-refractivity contribution in [3.05, 3.63) is 35.4 Å². The quantitative estimate of drug-likeness (QED) is 0.754. The first-order valence-electron chi connectivity index (χ1n) is 7.64. The van der Waals surface area contributed by atoms with Gasteiger partial charge in [-0.2, -0.15) is 0 Å². The van der Waals surface area contributed by atoms with Crippen LogP contribution in [0.5, 0.6) is 0 Å². The summed E-state index contributed by atoms with van der Waals surface area (Å²) in [5, 5.41) is 0. The van der Waals surface area contributed by atoms with E-state index in [9.17, 15) is 0 Å². The molecule has 0 aliphatic carbocycles. The molecule has 20 heavy (non-hydrogen) atoms. The number of ether oxygens (including phenoxy) is 1. The molecule has 0 amide bonds. The molecular formula is C17H30N2O. The zero-order valence-corrected chi connectivity index (χ0v) is 13.4. The van der Waals surface area contributed by atoms with Crippen molar-refractivity contribution in [2.45, 2.75) is 45.7 Å². The molecule has 0 saturated carbocycles. The van der Waals surface area contributed by atoms with Gasteiger partial charge in [0.15, 0.2) is 0 Å².